The average molecular weight is 370 g/mol. The molecular weight excluding hydrogens is 350 g/mol. The van der Waals surface area contributed by atoms with E-state index in [0.29, 0.717) is 32.0 Å². The normalized spacial score (nSPS) is 22.1. The molecule has 27 heavy (non-hydrogen) atoms. The summed E-state index contributed by atoms with van der Waals surface area (Å²) in [6, 6.07) is 12.6. The van der Waals surface area contributed by atoms with Crippen molar-refractivity contribution in [2.45, 2.75) is 25.4 Å². The van der Waals surface area contributed by atoms with Crippen LogP contribution in [0.5, 0.6) is 0 Å². The van der Waals surface area contributed by atoms with E-state index in [1.165, 1.54) is 17.0 Å². The lowest BCUT2D eigenvalue weighted by Gasteiger charge is -2.46. The van der Waals surface area contributed by atoms with Crippen LogP contribution in [0.4, 0.5) is 8.78 Å². The van der Waals surface area contributed by atoms with Gasteiger partial charge in [-0.25, -0.2) is 8.78 Å². The minimum Gasteiger partial charge on any atom is -0.336 e. The Morgan fingerprint density at radius 2 is 1.85 bits per heavy atom. The molecule has 2 saturated heterocycles. The maximum atomic E-state index is 14.1. The number of likely N-dealkylation sites (tertiary alicyclic amines) is 2. The smallest absolute Gasteiger partial charge is 0.257 e. The van der Waals surface area contributed by atoms with Gasteiger partial charge in [0, 0.05) is 19.6 Å². The highest BCUT2D eigenvalue weighted by atomic mass is 19.2. The first kappa shape index (κ1) is 17.6. The lowest BCUT2D eigenvalue weighted by Crippen LogP contribution is -2.60. The molecule has 2 heterocycles. The maximum Gasteiger partial charge on any atom is 0.257 e. The molecule has 0 radical (unpaired) electrons. The van der Waals surface area contributed by atoms with Crippen LogP contribution in [-0.2, 0) is 11.3 Å². The first-order chi connectivity index (χ1) is 13.0. The number of piperidine rings is 2. The summed E-state index contributed by atoms with van der Waals surface area (Å²) in [5.74, 6) is -2.64. The molecule has 2 atom stereocenters. The number of halogens is 2. The molecular formula is C21H20F2N2O2. The van der Waals surface area contributed by atoms with Crippen molar-refractivity contribution in [2.24, 2.45) is 5.92 Å². The molecule has 0 saturated carbocycles. The van der Waals surface area contributed by atoms with Gasteiger partial charge in [-0.2, -0.15) is 0 Å². The third kappa shape index (κ3) is 3.31. The second-order valence-corrected chi connectivity index (χ2v) is 7.21. The molecule has 2 bridgehead atoms. The number of fused-ring (bicyclic) bond motifs is 2. The van der Waals surface area contributed by atoms with Gasteiger partial charge in [0.1, 0.15) is 6.04 Å². The van der Waals surface area contributed by atoms with E-state index >= 15 is 0 Å². The Balaban J connectivity index is 1.57. The van der Waals surface area contributed by atoms with Gasteiger partial charge in [-0.3, -0.25) is 9.59 Å². The van der Waals surface area contributed by atoms with Crippen LogP contribution in [0.25, 0.3) is 0 Å². The van der Waals surface area contributed by atoms with Crippen molar-refractivity contribution in [3.05, 3.63) is 71.3 Å². The van der Waals surface area contributed by atoms with Gasteiger partial charge < -0.3 is 9.80 Å². The van der Waals surface area contributed by atoms with Crippen molar-refractivity contribution < 1.29 is 18.4 Å². The highest BCUT2D eigenvalue weighted by Crippen LogP contribution is 2.32. The summed E-state index contributed by atoms with van der Waals surface area (Å²) in [6.07, 6.45) is 1.32. The SMILES string of the molecule is O=C1[C@H]2C[C@H](CCN2C(=O)c2cccc(F)c2F)CN1Cc1ccccc1. The van der Waals surface area contributed by atoms with Crippen LogP contribution < -0.4 is 0 Å². The molecule has 0 aromatic heterocycles. The van der Waals surface area contributed by atoms with Crippen LogP contribution in [0.3, 0.4) is 0 Å². The highest BCUT2D eigenvalue weighted by molar-refractivity contribution is 5.98. The monoisotopic (exact) mass is 370 g/mol. The molecule has 4 rings (SSSR count). The molecule has 0 unspecified atom stereocenters. The molecule has 4 nitrogen and oxygen atoms in total. The zero-order valence-electron chi connectivity index (χ0n) is 14.8. The van der Waals surface area contributed by atoms with E-state index in [9.17, 15) is 18.4 Å². The second kappa shape index (κ2) is 7.10. The molecule has 140 valence electrons. The number of nitrogens with zero attached hydrogens (tertiary/aromatic N) is 2. The third-order valence-electron chi connectivity index (χ3n) is 5.45. The van der Waals surface area contributed by atoms with Gasteiger partial charge in [0.15, 0.2) is 11.6 Å². The van der Waals surface area contributed by atoms with Crippen molar-refractivity contribution in [1.82, 2.24) is 9.80 Å². The Labute approximate surface area is 156 Å². The number of amides is 2. The van der Waals surface area contributed by atoms with Crippen molar-refractivity contribution in [2.75, 3.05) is 13.1 Å². The van der Waals surface area contributed by atoms with Crippen molar-refractivity contribution >= 4 is 11.8 Å². The van der Waals surface area contributed by atoms with Gasteiger partial charge >= 0.3 is 0 Å². The van der Waals surface area contributed by atoms with Crippen LogP contribution in [0.1, 0.15) is 28.8 Å². The Bertz CT molecular complexity index is 872. The molecule has 2 amide bonds. The summed E-state index contributed by atoms with van der Waals surface area (Å²) >= 11 is 0. The number of hydrogen-bond acceptors (Lipinski definition) is 2. The lowest BCUT2D eigenvalue weighted by atomic mass is 9.85. The van der Waals surface area contributed by atoms with Crippen LogP contribution in [0, 0.1) is 17.6 Å². The van der Waals surface area contributed by atoms with Gasteiger partial charge in [0.25, 0.3) is 5.91 Å². The van der Waals surface area contributed by atoms with E-state index in [0.717, 1.165) is 18.1 Å². The van der Waals surface area contributed by atoms with Gasteiger partial charge in [-0.15, -0.1) is 0 Å². The van der Waals surface area contributed by atoms with E-state index in [4.69, 9.17) is 0 Å². The van der Waals surface area contributed by atoms with Gasteiger partial charge in [0.2, 0.25) is 5.91 Å². The molecule has 2 aromatic rings. The number of hydrogen-bond donors (Lipinski definition) is 0. The lowest BCUT2D eigenvalue weighted by molar-refractivity contribution is -0.144. The predicted octanol–water partition coefficient (Wildman–Crippen LogP) is 3.23. The Kier molecular flexibility index (Phi) is 4.64. The standard InChI is InChI=1S/C21H20F2N2O2/c22-17-8-4-7-16(19(17)23)20(26)25-10-9-15-11-18(25)21(27)24(13-15)12-14-5-2-1-3-6-14/h1-8,15,18H,9-13H2/t15-,18+/m0/s1. The summed E-state index contributed by atoms with van der Waals surface area (Å²) in [4.78, 5) is 29.0. The molecule has 0 spiro atoms. The minimum atomic E-state index is -1.16. The average Bonchev–Trinajstić information content (AvgIpc) is 2.68. The predicted molar refractivity (Wildman–Crippen MR) is 95.8 cm³/mol. The van der Waals surface area contributed by atoms with Crippen LogP contribution >= 0.6 is 0 Å². The van der Waals surface area contributed by atoms with E-state index in [2.05, 4.69) is 0 Å². The molecule has 2 aliphatic heterocycles. The minimum absolute atomic E-state index is 0.125. The van der Waals surface area contributed by atoms with E-state index < -0.39 is 23.6 Å². The summed E-state index contributed by atoms with van der Waals surface area (Å²) < 4.78 is 27.6. The fourth-order valence-electron chi connectivity index (χ4n) is 4.06. The first-order valence-electron chi connectivity index (χ1n) is 9.12. The molecule has 6 heteroatoms. The third-order valence-corrected chi connectivity index (χ3v) is 5.45. The van der Waals surface area contributed by atoms with Crippen LogP contribution in [0.15, 0.2) is 48.5 Å². The maximum absolute atomic E-state index is 14.1. The molecule has 2 fully saturated rings. The zero-order valence-corrected chi connectivity index (χ0v) is 14.8. The van der Waals surface area contributed by atoms with Crippen molar-refractivity contribution in [3.63, 3.8) is 0 Å². The summed E-state index contributed by atoms with van der Waals surface area (Å²) in [5, 5.41) is 0. The highest BCUT2D eigenvalue weighted by Gasteiger charge is 2.43. The number of carbonyl (C=O) groups is 2. The van der Waals surface area contributed by atoms with Crippen molar-refractivity contribution in [1.29, 1.82) is 0 Å². The summed E-state index contributed by atoms with van der Waals surface area (Å²) in [5.41, 5.74) is 0.710. The quantitative estimate of drug-likeness (QED) is 0.832. The van der Waals surface area contributed by atoms with Gasteiger partial charge in [-0.1, -0.05) is 36.4 Å². The first-order valence-corrected chi connectivity index (χ1v) is 9.12. The second-order valence-electron chi connectivity index (χ2n) is 7.21. The summed E-state index contributed by atoms with van der Waals surface area (Å²) in [6.45, 7) is 1.54. The van der Waals surface area contributed by atoms with Gasteiger partial charge in [-0.05, 0) is 36.5 Å². The topological polar surface area (TPSA) is 40.6 Å². The zero-order chi connectivity index (χ0) is 19.0. The summed E-state index contributed by atoms with van der Waals surface area (Å²) in [7, 11) is 0. The number of benzene rings is 2. The van der Waals surface area contributed by atoms with E-state index in [1.54, 1.807) is 4.90 Å². The fourth-order valence-corrected chi connectivity index (χ4v) is 4.06. The molecule has 2 aromatic carbocycles. The van der Waals surface area contributed by atoms with E-state index in [1.807, 2.05) is 30.3 Å². The fraction of sp³-hybridized carbons (Fsp3) is 0.333. The van der Waals surface area contributed by atoms with Gasteiger partial charge in [0.05, 0.1) is 5.56 Å². The van der Waals surface area contributed by atoms with E-state index in [-0.39, 0.29) is 11.5 Å². The molecule has 0 N–H and O–H groups in total. The Morgan fingerprint density at radius 1 is 1.07 bits per heavy atom. The van der Waals surface area contributed by atoms with Crippen LogP contribution in [0.2, 0.25) is 0 Å². The molecule has 2 aliphatic rings. The largest absolute Gasteiger partial charge is 0.336 e. The Hall–Kier alpha value is -2.76. The Morgan fingerprint density at radius 3 is 2.63 bits per heavy atom. The molecule has 0 aliphatic carbocycles. The number of carbonyl (C=O) groups excluding carboxylic acids is 2. The van der Waals surface area contributed by atoms with Crippen LogP contribution in [-0.4, -0.2) is 40.7 Å². The number of rotatable bonds is 3. The van der Waals surface area contributed by atoms with Crippen molar-refractivity contribution in [3.8, 4) is 0 Å².